The number of nitriles is 3. The zero-order valence-corrected chi connectivity index (χ0v) is 61.6. The molecule has 0 saturated carbocycles. The molecule has 0 saturated heterocycles. The Balaban J connectivity index is 0.000000175. The number of aromatic nitrogens is 9. The summed E-state index contributed by atoms with van der Waals surface area (Å²) >= 11 is 36.0. The molecule has 9 heterocycles. The Kier molecular flexibility index (Phi) is 27.4. The molecule has 2 amide bonds. The summed E-state index contributed by atoms with van der Waals surface area (Å²) in [7, 11) is -1.00. The van der Waals surface area contributed by atoms with E-state index in [0.717, 1.165) is 32.8 Å². The van der Waals surface area contributed by atoms with Crippen molar-refractivity contribution in [3.63, 3.8) is 0 Å². The molecule has 9 aromatic heterocycles. The molecule has 6 aromatic carbocycles. The molecule has 15 rings (SSSR count). The van der Waals surface area contributed by atoms with Crippen molar-refractivity contribution in [2.75, 3.05) is 7.15 Å². The van der Waals surface area contributed by atoms with Crippen LogP contribution in [0.2, 0.25) is 30.1 Å². The largest absolute Gasteiger partial charge is 0.478 e. The molecule has 8 N–H and O–H groups in total. The maximum atomic E-state index is 14.8. The number of carbonyl (C=O) groups excluding carboxylic acids is 2. The second-order valence-corrected chi connectivity index (χ2v) is 26.3. The van der Waals surface area contributed by atoms with Crippen LogP contribution in [0.25, 0.3) is 65.4 Å². The Hall–Kier alpha value is -11.8. The van der Waals surface area contributed by atoms with E-state index in [9.17, 15) is 47.7 Å². The standard InChI is InChI=1S/2C26H16Cl2FN5O.C17H10ClN3O2.C9H8ClFN2.CH3F.CH4.ClH/c2*27-19-8-17-5-14(6-18(10-30)25(17)33-12-19)7-20-9-15(3-4-31-20)26(35)34-11-16-1-2-22-23(24(16)29)21(28)13-32-22;18-14-6-12-3-10(4-13(8-19)16(12)21-9-14)5-15-7-11(17(22)23)1-2-20-15;10-6-4-13-7-2-1-5(3-12)9(11)8(6)7;1-2;;/h2*1-6,8-9,12-13,32H,7,11H2,(H,34,35);1-4,6-7,9H,5H2,(H,22,23);1-2,4,13H,3,12H2;1H3;1H4;1H/i;;;;1D;;. The molecule has 0 unspecified atom stereocenters. The third kappa shape index (κ3) is 19.2. The van der Waals surface area contributed by atoms with E-state index in [0.29, 0.717) is 150 Å². The lowest BCUT2D eigenvalue weighted by Gasteiger charge is -2.09. The Labute approximate surface area is 662 Å². The van der Waals surface area contributed by atoms with Crippen LogP contribution in [0.15, 0.2) is 183 Å². The Morgan fingerprint density at radius 1 is 0.482 bits per heavy atom. The molecule has 0 atom stereocenters. The SMILES string of the molecule is C.Cl.N#Cc1cc(Cc2cc(C(=O)NCc3ccc4[nH]cc(Cl)c4c3F)ccn2)cc2cc(Cl)cnc12.N#Cc1cc(Cc2cc(C(=O)NCc3ccc4[nH]cc(Cl)c4c3F)ccn2)cc2cc(Cl)cnc12.N#Cc1cc(Cc2cc(C(=O)O)ccn2)cc2cc(Cl)cnc12.NCc1ccc2[nH]cc(Cl)c2c1F.[2H]CF. The van der Waals surface area contributed by atoms with Gasteiger partial charge >= 0.3 is 5.97 Å². The first kappa shape index (κ1) is 80.7. The number of carboxylic acid groups (broad SMARTS) is 1. The normalized spacial score (nSPS) is 10.7. The zero-order chi connectivity index (χ0) is 77.6. The first-order valence-corrected chi connectivity index (χ1v) is 34.3. The minimum Gasteiger partial charge on any atom is -0.478 e. The Morgan fingerprint density at radius 3 is 1.11 bits per heavy atom. The summed E-state index contributed by atoms with van der Waals surface area (Å²) in [6.45, 7) is 0.191. The number of rotatable bonds is 14. The number of hydrogen-bond donors (Lipinski definition) is 7. The number of pyridine rings is 6. The van der Waals surface area contributed by atoms with Crippen LogP contribution in [0, 0.1) is 51.4 Å². The summed E-state index contributed by atoms with van der Waals surface area (Å²) in [6.07, 6.45) is 14.9. The third-order valence-corrected chi connectivity index (χ3v) is 18.2. The first-order valence-electron chi connectivity index (χ1n) is 32.7. The van der Waals surface area contributed by atoms with Crippen molar-refractivity contribution in [1.82, 2.24) is 55.5 Å². The van der Waals surface area contributed by atoms with E-state index in [1.807, 2.05) is 18.2 Å². The summed E-state index contributed by atoms with van der Waals surface area (Å²) in [6, 6.07) is 42.2. The van der Waals surface area contributed by atoms with Gasteiger partial charge < -0.3 is 36.4 Å². The zero-order valence-electron chi connectivity index (χ0n) is 57.2. The van der Waals surface area contributed by atoms with E-state index >= 15 is 0 Å². The molecule has 15 aromatic rings. The lowest BCUT2D eigenvalue weighted by atomic mass is 10.0. The highest BCUT2D eigenvalue weighted by Crippen LogP contribution is 2.33. The van der Waals surface area contributed by atoms with Gasteiger partial charge in [-0.2, -0.15) is 15.8 Å². The summed E-state index contributed by atoms with van der Waals surface area (Å²) < 4.78 is 58.7. The van der Waals surface area contributed by atoms with E-state index in [2.05, 4.69) is 73.7 Å². The van der Waals surface area contributed by atoms with Gasteiger partial charge in [-0.25, -0.2) is 18.0 Å². The van der Waals surface area contributed by atoms with E-state index in [4.69, 9.17) is 81.8 Å². The number of H-pyrrole nitrogens is 3. The van der Waals surface area contributed by atoms with Gasteiger partial charge in [-0.15, -0.1) is 12.4 Å². The Bertz CT molecular complexity index is 5920. The van der Waals surface area contributed by atoms with E-state index in [1.54, 1.807) is 116 Å². The smallest absolute Gasteiger partial charge is 0.335 e. The van der Waals surface area contributed by atoms with Crippen LogP contribution in [0.1, 0.15) is 107 Å². The highest BCUT2D eigenvalue weighted by molar-refractivity contribution is 6.36. The molecule has 554 valence electrons. The van der Waals surface area contributed by atoms with Crippen molar-refractivity contribution in [1.29, 1.82) is 15.8 Å². The molecule has 0 aliphatic carbocycles. The van der Waals surface area contributed by atoms with Gasteiger partial charge in [0, 0.05) is 172 Å². The number of fused-ring (bicyclic) bond motifs is 6. The molecule has 0 bridgehead atoms. The fourth-order valence-corrected chi connectivity index (χ4v) is 12.9. The number of halogens is 11. The maximum Gasteiger partial charge on any atom is 0.335 e. The van der Waals surface area contributed by atoms with Crippen molar-refractivity contribution >= 4 is 165 Å². The number of hydrogen-bond acceptors (Lipinski definition) is 13. The summed E-state index contributed by atoms with van der Waals surface area (Å²) in [5, 5.41) is 48.6. The van der Waals surface area contributed by atoms with Crippen molar-refractivity contribution < 1.29 is 38.4 Å². The van der Waals surface area contributed by atoms with Crippen LogP contribution in [0.5, 0.6) is 0 Å². The second-order valence-electron chi connectivity index (χ2n) is 23.7. The maximum absolute atomic E-state index is 14.8. The summed E-state index contributed by atoms with van der Waals surface area (Å²) in [4.78, 5) is 70.8. The first-order chi connectivity index (χ1) is 52.6. The number of alkyl halides is 1. The monoisotopic (exact) mass is 1610 g/mol. The second kappa shape index (κ2) is 37.4. The van der Waals surface area contributed by atoms with Gasteiger partial charge in [-0.3, -0.25) is 43.9 Å². The number of aromatic carboxylic acids is 1. The molecule has 0 spiro atoms. The van der Waals surface area contributed by atoms with E-state index in [-0.39, 0.29) is 72.7 Å². The molecule has 19 nitrogen and oxygen atoms in total. The molecule has 0 fully saturated rings. The average Bonchev–Trinajstić information content (AvgIpc) is 1.76. The predicted octanol–water partition coefficient (Wildman–Crippen LogP) is 19.4. The third-order valence-electron chi connectivity index (χ3n) is 16.7. The molecule has 0 aliphatic heterocycles. The fourth-order valence-electron chi connectivity index (χ4n) is 11.7. The quantitative estimate of drug-likeness (QED) is 0.0498. The molecular formula is C80H58Cl7F4N15O4. The molecule has 0 aliphatic rings. The van der Waals surface area contributed by atoms with Gasteiger partial charge in [0.15, 0.2) is 0 Å². The van der Waals surface area contributed by atoms with E-state index < -0.39 is 24.8 Å². The number of nitrogens with two attached hydrogens (primary N) is 1. The summed E-state index contributed by atoms with van der Waals surface area (Å²) in [5.74, 6) is -2.99. The van der Waals surface area contributed by atoms with Gasteiger partial charge in [0.2, 0.25) is 0 Å². The topological polar surface area (TPSA) is 318 Å². The molecule has 110 heavy (non-hydrogen) atoms. The van der Waals surface area contributed by atoms with Crippen LogP contribution in [0.3, 0.4) is 0 Å². The van der Waals surface area contributed by atoms with Gasteiger partial charge in [-0.1, -0.05) is 95.2 Å². The fraction of sp³-hybridized carbons (Fsp3) is 0.100. The number of amides is 2. The number of carboxylic acids is 1. The van der Waals surface area contributed by atoms with Gasteiger partial charge in [-0.05, 0) is 126 Å². The van der Waals surface area contributed by atoms with Crippen LogP contribution in [-0.4, -0.2) is 74.9 Å². The van der Waals surface area contributed by atoms with Gasteiger partial charge in [0.25, 0.3) is 11.8 Å². The lowest BCUT2D eigenvalue weighted by Crippen LogP contribution is -2.23. The van der Waals surface area contributed by atoms with Crippen molar-refractivity contribution in [3.8, 4) is 18.2 Å². The van der Waals surface area contributed by atoms with Crippen LogP contribution < -0.4 is 16.4 Å². The molecule has 0 radical (unpaired) electrons. The highest BCUT2D eigenvalue weighted by Gasteiger charge is 2.19. The number of carbonyl (C=O) groups is 3. The molecule has 30 heteroatoms. The minimum absolute atomic E-state index is 0. The van der Waals surface area contributed by atoms with Crippen molar-refractivity contribution in [3.05, 3.63) is 315 Å². The number of nitrogens with one attached hydrogen (secondary N) is 5. The van der Waals surface area contributed by atoms with Gasteiger partial charge in [0.1, 0.15) is 35.7 Å². The van der Waals surface area contributed by atoms with Crippen molar-refractivity contribution in [2.45, 2.75) is 46.3 Å². The van der Waals surface area contributed by atoms with Crippen LogP contribution in [0.4, 0.5) is 17.6 Å². The summed E-state index contributed by atoms with van der Waals surface area (Å²) in [5.41, 5.74) is 16.8. The number of benzene rings is 6. The molecular weight excluding hydrogens is 1560 g/mol. The Morgan fingerprint density at radius 2 is 0.791 bits per heavy atom. The highest BCUT2D eigenvalue weighted by atomic mass is 35.5. The van der Waals surface area contributed by atoms with E-state index in [1.165, 1.54) is 49.3 Å². The van der Waals surface area contributed by atoms with Gasteiger partial charge in [0.05, 0.1) is 93.6 Å². The van der Waals surface area contributed by atoms with Crippen LogP contribution >= 0.6 is 82.0 Å². The number of aromatic amines is 3. The van der Waals surface area contributed by atoms with Crippen LogP contribution in [-0.2, 0) is 38.9 Å². The lowest BCUT2D eigenvalue weighted by molar-refractivity contribution is 0.0695. The van der Waals surface area contributed by atoms with Crippen molar-refractivity contribution in [2.24, 2.45) is 5.73 Å². The predicted molar refractivity (Wildman–Crippen MR) is 424 cm³/mol. The number of nitrogens with zero attached hydrogens (tertiary/aromatic N) is 9. The average molecular weight is 1620 g/mol. The minimum atomic E-state index is -1.00.